The van der Waals surface area contributed by atoms with Gasteiger partial charge in [0.2, 0.25) is 0 Å². The van der Waals surface area contributed by atoms with Crippen molar-refractivity contribution in [2.24, 2.45) is 0 Å². The summed E-state index contributed by atoms with van der Waals surface area (Å²) in [6.45, 7) is 2.11. The number of pyridine rings is 1. The van der Waals surface area contributed by atoms with Gasteiger partial charge >= 0.3 is 0 Å². The Bertz CT molecular complexity index is 735. The monoisotopic (exact) mass is 264 g/mol. The van der Waals surface area contributed by atoms with E-state index in [9.17, 15) is 0 Å². The summed E-state index contributed by atoms with van der Waals surface area (Å²) in [5.41, 5.74) is 10.6. The maximum atomic E-state index is 5.99. The van der Waals surface area contributed by atoms with E-state index in [2.05, 4.69) is 27.9 Å². The third-order valence-electron chi connectivity index (χ3n) is 3.32. The summed E-state index contributed by atoms with van der Waals surface area (Å²) in [5.74, 6) is 0.477. The summed E-state index contributed by atoms with van der Waals surface area (Å²) in [7, 11) is 0. The zero-order valence-corrected chi connectivity index (χ0v) is 11.4. The summed E-state index contributed by atoms with van der Waals surface area (Å²) in [6, 6.07) is 11.9. The van der Waals surface area contributed by atoms with Crippen LogP contribution in [-0.4, -0.2) is 15.0 Å². The van der Waals surface area contributed by atoms with Crippen LogP contribution in [0.3, 0.4) is 0 Å². The van der Waals surface area contributed by atoms with Crippen molar-refractivity contribution >= 4 is 16.9 Å². The highest BCUT2D eigenvalue weighted by atomic mass is 14.9. The number of nitrogens with two attached hydrogens (primary N) is 1. The minimum atomic E-state index is 0.477. The zero-order valence-electron chi connectivity index (χ0n) is 11.4. The first-order valence-corrected chi connectivity index (χ1v) is 6.71. The lowest BCUT2D eigenvalue weighted by atomic mass is 10.1. The van der Waals surface area contributed by atoms with Crippen molar-refractivity contribution in [3.8, 4) is 0 Å². The van der Waals surface area contributed by atoms with Crippen LogP contribution in [0, 0.1) is 0 Å². The number of hydrogen-bond donors (Lipinski definition) is 1. The van der Waals surface area contributed by atoms with Crippen molar-refractivity contribution in [2.75, 3.05) is 5.73 Å². The lowest BCUT2D eigenvalue weighted by Gasteiger charge is -2.06. The molecule has 0 unspecified atom stereocenters. The second-order valence-electron chi connectivity index (χ2n) is 4.73. The highest BCUT2D eigenvalue weighted by molar-refractivity contribution is 5.75. The van der Waals surface area contributed by atoms with E-state index in [1.165, 1.54) is 5.56 Å². The molecule has 0 bridgehead atoms. The van der Waals surface area contributed by atoms with Crippen molar-refractivity contribution in [2.45, 2.75) is 19.8 Å². The molecule has 3 rings (SSSR count). The SMILES string of the molecule is CCc1ccc(Cc2nc3ccccc3nc2N)nc1. The largest absolute Gasteiger partial charge is 0.382 e. The van der Waals surface area contributed by atoms with E-state index in [0.29, 0.717) is 12.2 Å². The molecule has 0 aliphatic carbocycles. The van der Waals surface area contributed by atoms with Crippen LogP contribution in [0.15, 0.2) is 42.6 Å². The summed E-state index contributed by atoms with van der Waals surface area (Å²) >= 11 is 0. The van der Waals surface area contributed by atoms with Crippen molar-refractivity contribution in [3.63, 3.8) is 0 Å². The maximum absolute atomic E-state index is 5.99. The molecule has 0 aliphatic heterocycles. The number of aromatic nitrogens is 3. The van der Waals surface area contributed by atoms with Gasteiger partial charge in [0.05, 0.1) is 16.7 Å². The fourth-order valence-electron chi connectivity index (χ4n) is 2.12. The molecule has 3 aromatic rings. The van der Waals surface area contributed by atoms with Crippen LogP contribution in [0.2, 0.25) is 0 Å². The summed E-state index contributed by atoms with van der Waals surface area (Å²) in [5, 5.41) is 0. The molecule has 2 N–H and O–H groups in total. The first kappa shape index (κ1) is 12.5. The number of nitrogens with zero attached hydrogens (tertiary/aromatic N) is 3. The van der Waals surface area contributed by atoms with Crippen molar-refractivity contribution in [1.82, 2.24) is 15.0 Å². The molecule has 2 heterocycles. The molecule has 0 amide bonds. The van der Waals surface area contributed by atoms with E-state index in [4.69, 9.17) is 5.73 Å². The lowest BCUT2D eigenvalue weighted by Crippen LogP contribution is -2.04. The molecule has 2 aromatic heterocycles. The molecule has 0 aliphatic rings. The van der Waals surface area contributed by atoms with Crippen LogP contribution in [0.4, 0.5) is 5.82 Å². The van der Waals surface area contributed by atoms with Gasteiger partial charge in [-0.05, 0) is 30.2 Å². The number of nitrogen functional groups attached to an aromatic ring is 1. The predicted octanol–water partition coefficient (Wildman–Crippen LogP) is 2.76. The van der Waals surface area contributed by atoms with E-state index in [1.807, 2.05) is 36.5 Å². The molecule has 0 saturated heterocycles. The number of hydrogen-bond acceptors (Lipinski definition) is 4. The van der Waals surface area contributed by atoms with Gasteiger partial charge < -0.3 is 5.73 Å². The maximum Gasteiger partial charge on any atom is 0.146 e. The molecule has 0 atom stereocenters. The van der Waals surface area contributed by atoms with Gasteiger partial charge in [0, 0.05) is 18.3 Å². The number of fused-ring (bicyclic) bond motifs is 1. The molecule has 0 spiro atoms. The molecule has 4 heteroatoms. The van der Waals surface area contributed by atoms with Crippen LogP contribution < -0.4 is 5.73 Å². The molecule has 0 fully saturated rings. The van der Waals surface area contributed by atoms with E-state index in [-0.39, 0.29) is 0 Å². The van der Waals surface area contributed by atoms with Gasteiger partial charge in [-0.3, -0.25) is 4.98 Å². The Morgan fingerprint density at radius 2 is 1.75 bits per heavy atom. The Hall–Kier alpha value is -2.49. The van der Waals surface area contributed by atoms with Crippen LogP contribution >= 0.6 is 0 Å². The summed E-state index contributed by atoms with van der Waals surface area (Å²) in [6.07, 6.45) is 3.50. The summed E-state index contributed by atoms with van der Waals surface area (Å²) in [4.78, 5) is 13.4. The third kappa shape index (κ3) is 2.45. The second-order valence-corrected chi connectivity index (χ2v) is 4.73. The molecule has 1 aromatic carbocycles. The highest BCUT2D eigenvalue weighted by Gasteiger charge is 2.07. The number of anilines is 1. The topological polar surface area (TPSA) is 64.7 Å². The smallest absolute Gasteiger partial charge is 0.146 e. The average Bonchev–Trinajstić information content (AvgIpc) is 2.49. The fourth-order valence-corrected chi connectivity index (χ4v) is 2.12. The number of aryl methyl sites for hydroxylation is 1. The van der Waals surface area contributed by atoms with E-state index < -0.39 is 0 Å². The molecule has 4 nitrogen and oxygen atoms in total. The number of benzene rings is 1. The van der Waals surface area contributed by atoms with Gasteiger partial charge in [-0.2, -0.15) is 0 Å². The normalized spacial score (nSPS) is 10.8. The molecule has 20 heavy (non-hydrogen) atoms. The molecular formula is C16H16N4. The van der Waals surface area contributed by atoms with Crippen LogP contribution in [0.5, 0.6) is 0 Å². The number of rotatable bonds is 3. The average molecular weight is 264 g/mol. The first-order chi connectivity index (χ1) is 9.76. The Kier molecular flexibility index (Phi) is 3.29. The Labute approximate surface area is 117 Å². The van der Waals surface area contributed by atoms with Gasteiger partial charge in [0.15, 0.2) is 0 Å². The highest BCUT2D eigenvalue weighted by Crippen LogP contribution is 2.16. The Balaban J connectivity index is 1.94. The molecule has 0 radical (unpaired) electrons. The number of para-hydroxylation sites is 2. The van der Waals surface area contributed by atoms with Gasteiger partial charge in [-0.15, -0.1) is 0 Å². The standard InChI is InChI=1S/C16H16N4/c1-2-11-7-8-12(18-10-11)9-15-16(17)20-14-6-4-3-5-13(14)19-15/h3-8,10H,2,9H2,1H3,(H2,17,20). The third-order valence-corrected chi connectivity index (χ3v) is 3.32. The minimum absolute atomic E-state index is 0.477. The first-order valence-electron chi connectivity index (χ1n) is 6.71. The Morgan fingerprint density at radius 3 is 2.40 bits per heavy atom. The zero-order chi connectivity index (χ0) is 13.9. The van der Waals surface area contributed by atoms with Gasteiger partial charge in [0.25, 0.3) is 0 Å². The van der Waals surface area contributed by atoms with Gasteiger partial charge in [-0.1, -0.05) is 25.1 Å². The Morgan fingerprint density at radius 1 is 1.00 bits per heavy atom. The lowest BCUT2D eigenvalue weighted by molar-refractivity contribution is 0.994. The quantitative estimate of drug-likeness (QED) is 0.790. The van der Waals surface area contributed by atoms with Crippen molar-refractivity contribution < 1.29 is 0 Å². The van der Waals surface area contributed by atoms with Gasteiger partial charge in [-0.25, -0.2) is 9.97 Å². The van der Waals surface area contributed by atoms with Crippen molar-refractivity contribution in [1.29, 1.82) is 0 Å². The van der Waals surface area contributed by atoms with E-state index in [0.717, 1.165) is 28.8 Å². The van der Waals surface area contributed by atoms with Gasteiger partial charge in [0.1, 0.15) is 5.82 Å². The van der Waals surface area contributed by atoms with Crippen LogP contribution in [0.25, 0.3) is 11.0 Å². The van der Waals surface area contributed by atoms with Crippen LogP contribution in [0.1, 0.15) is 23.9 Å². The second kappa shape index (κ2) is 5.25. The summed E-state index contributed by atoms with van der Waals surface area (Å²) < 4.78 is 0. The molecule has 100 valence electrons. The van der Waals surface area contributed by atoms with E-state index in [1.54, 1.807) is 0 Å². The van der Waals surface area contributed by atoms with E-state index >= 15 is 0 Å². The van der Waals surface area contributed by atoms with Crippen molar-refractivity contribution in [3.05, 3.63) is 59.5 Å². The molecular weight excluding hydrogens is 248 g/mol. The fraction of sp³-hybridized carbons (Fsp3) is 0.188. The molecule has 0 saturated carbocycles. The minimum Gasteiger partial charge on any atom is -0.382 e. The van der Waals surface area contributed by atoms with Crippen LogP contribution in [-0.2, 0) is 12.8 Å². The predicted molar refractivity (Wildman–Crippen MR) is 80.4 cm³/mol.